The van der Waals surface area contributed by atoms with Crippen LogP contribution in [0, 0.1) is 24.4 Å². The van der Waals surface area contributed by atoms with Crippen LogP contribution in [0.25, 0.3) is 10.8 Å². The summed E-state index contributed by atoms with van der Waals surface area (Å²) in [4.78, 5) is 4.06. The van der Waals surface area contributed by atoms with E-state index >= 15 is 0 Å². The molecule has 1 aromatic heterocycles. The van der Waals surface area contributed by atoms with Crippen molar-refractivity contribution in [3.63, 3.8) is 0 Å². The molecule has 3 nitrogen and oxygen atoms in total. The molecule has 1 fully saturated rings. The molecule has 2 aromatic carbocycles. The van der Waals surface area contributed by atoms with Crippen molar-refractivity contribution in [2.45, 2.75) is 38.5 Å². The summed E-state index contributed by atoms with van der Waals surface area (Å²) in [5.41, 5.74) is 0.602. The number of nitrogens with zero attached hydrogens (tertiary/aromatic N) is 1. The number of pyridine rings is 1. The molecular formula is C21H19F3N2O. The Bertz CT molecular complexity index is 963. The van der Waals surface area contributed by atoms with Crippen molar-refractivity contribution in [3.8, 4) is 5.75 Å². The average molecular weight is 372 g/mol. The summed E-state index contributed by atoms with van der Waals surface area (Å²) in [5.74, 6) is -1.27. The highest BCUT2D eigenvalue weighted by Gasteiger charge is 2.31. The number of benzene rings is 2. The summed E-state index contributed by atoms with van der Waals surface area (Å²) in [6, 6.07) is 7.56. The number of rotatable bonds is 5. The summed E-state index contributed by atoms with van der Waals surface area (Å²) < 4.78 is 47.0. The zero-order valence-corrected chi connectivity index (χ0v) is 14.8. The summed E-state index contributed by atoms with van der Waals surface area (Å²) in [5, 5.41) is 5.07. The molecule has 0 unspecified atom stereocenters. The number of hydrogen-bond acceptors (Lipinski definition) is 3. The Morgan fingerprint density at radius 3 is 2.56 bits per heavy atom. The van der Waals surface area contributed by atoms with Gasteiger partial charge in [-0.3, -0.25) is 4.98 Å². The van der Waals surface area contributed by atoms with Gasteiger partial charge < -0.3 is 10.1 Å². The smallest absolute Gasteiger partial charge is 0.132 e. The summed E-state index contributed by atoms with van der Waals surface area (Å²) in [7, 11) is 0. The van der Waals surface area contributed by atoms with E-state index in [-0.39, 0.29) is 29.3 Å². The van der Waals surface area contributed by atoms with Crippen LogP contribution in [-0.2, 0) is 6.54 Å². The first-order valence-corrected chi connectivity index (χ1v) is 8.88. The van der Waals surface area contributed by atoms with E-state index in [0.29, 0.717) is 24.9 Å². The van der Waals surface area contributed by atoms with Crippen LogP contribution < -0.4 is 10.1 Å². The van der Waals surface area contributed by atoms with E-state index < -0.39 is 11.6 Å². The maximum Gasteiger partial charge on any atom is 0.132 e. The lowest BCUT2D eigenvalue weighted by Crippen LogP contribution is -2.46. The quantitative estimate of drug-likeness (QED) is 0.707. The number of fused-ring (bicyclic) bond motifs is 1. The fourth-order valence-corrected chi connectivity index (χ4v) is 3.34. The van der Waals surface area contributed by atoms with Crippen LogP contribution in [0.5, 0.6) is 5.75 Å². The van der Waals surface area contributed by atoms with Crippen molar-refractivity contribution in [1.82, 2.24) is 10.3 Å². The Labute approximate surface area is 155 Å². The average Bonchev–Trinajstić information content (AvgIpc) is 2.62. The van der Waals surface area contributed by atoms with Crippen molar-refractivity contribution in [2.75, 3.05) is 0 Å². The van der Waals surface area contributed by atoms with Crippen molar-refractivity contribution in [2.24, 2.45) is 0 Å². The van der Waals surface area contributed by atoms with Crippen LogP contribution in [0.3, 0.4) is 0 Å². The Hall–Kier alpha value is -2.60. The highest BCUT2D eigenvalue weighted by atomic mass is 19.1. The Kier molecular flexibility index (Phi) is 4.74. The van der Waals surface area contributed by atoms with Crippen molar-refractivity contribution in [1.29, 1.82) is 0 Å². The first-order valence-electron chi connectivity index (χ1n) is 8.88. The maximum atomic E-state index is 14.2. The molecule has 1 heterocycles. The molecule has 0 amide bonds. The number of nitrogens with one attached hydrogen (secondary N) is 1. The molecule has 6 heteroatoms. The van der Waals surface area contributed by atoms with Gasteiger partial charge in [0.1, 0.15) is 29.3 Å². The minimum absolute atomic E-state index is 0.0113. The van der Waals surface area contributed by atoms with E-state index in [2.05, 4.69) is 10.3 Å². The molecule has 27 heavy (non-hydrogen) atoms. The fraction of sp³-hybridized carbons (Fsp3) is 0.286. The highest BCUT2D eigenvalue weighted by Crippen LogP contribution is 2.29. The molecule has 4 rings (SSSR count). The first-order chi connectivity index (χ1) is 13.0. The van der Waals surface area contributed by atoms with Gasteiger partial charge in [0, 0.05) is 53.6 Å². The molecule has 0 radical (unpaired) electrons. The molecule has 1 N–H and O–H groups in total. The third-order valence-corrected chi connectivity index (χ3v) is 5.09. The second kappa shape index (κ2) is 7.19. The number of ether oxygens (including phenoxy) is 1. The summed E-state index contributed by atoms with van der Waals surface area (Å²) >= 11 is 0. The van der Waals surface area contributed by atoms with E-state index in [1.807, 2.05) is 6.07 Å². The molecule has 0 atom stereocenters. The van der Waals surface area contributed by atoms with Crippen LogP contribution in [0.2, 0.25) is 0 Å². The van der Waals surface area contributed by atoms with Gasteiger partial charge >= 0.3 is 0 Å². The van der Waals surface area contributed by atoms with E-state index in [1.54, 1.807) is 18.5 Å². The first kappa shape index (κ1) is 17.8. The van der Waals surface area contributed by atoms with E-state index in [1.165, 1.54) is 25.1 Å². The van der Waals surface area contributed by atoms with Crippen LogP contribution >= 0.6 is 0 Å². The van der Waals surface area contributed by atoms with Crippen molar-refractivity contribution >= 4 is 10.8 Å². The topological polar surface area (TPSA) is 34.1 Å². The lowest BCUT2D eigenvalue weighted by atomic mass is 9.89. The zero-order valence-electron chi connectivity index (χ0n) is 14.8. The van der Waals surface area contributed by atoms with Gasteiger partial charge in [0.25, 0.3) is 0 Å². The SMILES string of the molecule is Cc1c(F)cc(OC2CC(NCc3c(F)ccc4cnccc34)C2)cc1F. The Balaban J connectivity index is 1.35. The molecule has 0 bridgehead atoms. The van der Waals surface area contributed by atoms with Crippen LogP contribution in [0.1, 0.15) is 24.0 Å². The van der Waals surface area contributed by atoms with Gasteiger partial charge in [-0.15, -0.1) is 0 Å². The Morgan fingerprint density at radius 2 is 1.81 bits per heavy atom. The van der Waals surface area contributed by atoms with Gasteiger partial charge in [0.2, 0.25) is 0 Å². The largest absolute Gasteiger partial charge is 0.490 e. The second-order valence-electron chi connectivity index (χ2n) is 6.92. The maximum absolute atomic E-state index is 14.2. The Morgan fingerprint density at radius 1 is 1.07 bits per heavy atom. The monoisotopic (exact) mass is 372 g/mol. The molecule has 0 aliphatic heterocycles. The fourth-order valence-electron chi connectivity index (χ4n) is 3.34. The molecule has 0 saturated heterocycles. The lowest BCUT2D eigenvalue weighted by molar-refractivity contribution is 0.0836. The molecule has 3 aromatic rings. The second-order valence-corrected chi connectivity index (χ2v) is 6.92. The highest BCUT2D eigenvalue weighted by molar-refractivity contribution is 5.84. The number of halogens is 3. The summed E-state index contributed by atoms with van der Waals surface area (Å²) in [6.07, 6.45) is 4.66. The predicted octanol–water partition coefficient (Wildman–Crippen LogP) is 4.66. The summed E-state index contributed by atoms with van der Waals surface area (Å²) in [6.45, 7) is 1.79. The minimum Gasteiger partial charge on any atom is -0.490 e. The number of hydrogen-bond donors (Lipinski definition) is 1. The predicted molar refractivity (Wildman–Crippen MR) is 97.1 cm³/mol. The number of aromatic nitrogens is 1. The van der Waals surface area contributed by atoms with Gasteiger partial charge in [-0.1, -0.05) is 0 Å². The van der Waals surface area contributed by atoms with E-state index in [9.17, 15) is 13.2 Å². The van der Waals surface area contributed by atoms with Crippen LogP contribution in [0.15, 0.2) is 42.7 Å². The molecule has 140 valence electrons. The lowest BCUT2D eigenvalue weighted by Gasteiger charge is -2.36. The van der Waals surface area contributed by atoms with Gasteiger partial charge in [0.15, 0.2) is 0 Å². The van der Waals surface area contributed by atoms with Crippen molar-refractivity contribution in [3.05, 3.63) is 71.3 Å². The van der Waals surface area contributed by atoms with Gasteiger partial charge in [-0.25, -0.2) is 13.2 Å². The molecule has 0 spiro atoms. The standard InChI is InChI=1S/C21H19F3N2O/c1-12-20(23)8-16(9-21(12)24)27-15-6-14(7-15)26-11-18-17-4-5-25-10-13(17)2-3-19(18)22/h2-5,8-10,14-15,26H,6-7,11H2,1H3. The van der Waals surface area contributed by atoms with Crippen LogP contribution in [0.4, 0.5) is 13.2 Å². The van der Waals surface area contributed by atoms with Gasteiger partial charge in [-0.2, -0.15) is 0 Å². The molecule has 1 aliphatic carbocycles. The zero-order chi connectivity index (χ0) is 19.0. The van der Waals surface area contributed by atoms with Crippen LogP contribution in [-0.4, -0.2) is 17.1 Å². The van der Waals surface area contributed by atoms with E-state index in [4.69, 9.17) is 4.74 Å². The minimum atomic E-state index is -0.611. The molecular weight excluding hydrogens is 353 g/mol. The molecule has 1 aliphatic rings. The molecule has 1 saturated carbocycles. The van der Waals surface area contributed by atoms with Crippen molar-refractivity contribution < 1.29 is 17.9 Å². The third kappa shape index (κ3) is 3.62. The van der Waals surface area contributed by atoms with E-state index in [0.717, 1.165) is 10.8 Å². The normalized spacial score (nSPS) is 19.1. The third-order valence-electron chi connectivity index (χ3n) is 5.09. The van der Waals surface area contributed by atoms with Gasteiger partial charge in [0.05, 0.1) is 0 Å². The van der Waals surface area contributed by atoms with Gasteiger partial charge in [-0.05, 0) is 43.4 Å².